The van der Waals surface area contributed by atoms with Crippen LogP contribution in [0.15, 0.2) is 18.2 Å². The molecule has 6 heteroatoms. The number of nitrogens with two attached hydrogens (primary N) is 1. The Hall–Kier alpha value is -1.75. The second-order valence-electron chi connectivity index (χ2n) is 4.35. The van der Waals surface area contributed by atoms with Crippen LogP contribution in [-0.4, -0.2) is 9.78 Å². The number of aromatic nitrogens is 2. The van der Waals surface area contributed by atoms with Crippen LogP contribution < -0.4 is 10.5 Å². The molecule has 0 radical (unpaired) electrons. The highest BCUT2D eigenvalue weighted by molar-refractivity contribution is 6.31. The van der Waals surface area contributed by atoms with Crippen molar-refractivity contribution in [3.63, 3.8) is 0 Å². The number of halogens is 2. The van der Waals surface area contributed by atoms with Crippen molar-refractivity contribution in [3.05, 3.63) is 40.4 Å². The molecule has 0 aliphatic rings. The maximum atomic E-state index is 13.0. The fourth-order valence-corrected chi connectivity index (χ4v) is 2.28. The Morgan fingerprint density at radius 3 is 2.75 bits per heavy atom. The number of nitrogens with zero attached hydrogens (tertiary/aromatic N) is 2. The highest BCUT2D eigenvalue weighted by Crippen LogP contribution is 2.26. The van der Waals surface area contributed by atoms with Crippen molar-refractivity contribution in [1.29, 1.82) is 0 Å². The third kappa shape index (κ3) is 2.88. The molecule has 2 N–H and O–H groups in total. The molecule has 2 rings (SSSR count). The number of aryl methyl sites for hydroxylation is 2. The van der Waals surface area contributed by atoms with Gasteiger partial charge in [-0.2, -0.15) is 5.10 Å². The molecule has 1 heterocycles. The highest BCUT2D eigenvalue weighted by atomic mass is 35.5. The van der Waals surface area contributed by atoms with E-state index in [2.05, 4.69) is 5.10 Å². The monoisotopic (exact) mass is 297 g/mol. The number of hydrogen-bond donors (Lipinski definition) is 1. The van der Waals surface area contributed by atoms with Gasteiger partial charge in [0.05, 0.1) is 22.1 Å². The summed E-state index contributed by atoms with van der Waals surface area (Å²) in [5.74, 6) is 0.0455. The Labute approximate surface area is 122 Å². The molecule has 20 heavy (non-hydrogen) atoms. The zero-order chi connectivity index (χ0) is 14.7. The van der Waals surface area contributed by atoms with Crippen LogP contribution in [0.1, 0.15) is 25.2 Å². The zero-order valence-corrected chi connectivity index (χ0v) is 12.2. The lowest BCUT2D eigenvalue weighted by atomic mass is 10.3. The first-order chi connectivity index (χ1) is 9.56. The van der Waals surface area contributed by atoms with Gasteiger partial charge in [-0.1, -0.05) is 18.5 Å². The minimum absolute atomic E-state index is 0.246. The molecule has 0 unspecified atom stereocenters. The molecule has 0 aliphatic carbocycles. The van der Waals surface area contributed by atoms with Crippen LogP contribution in [0.4, 0.5) is 10.1 Å². The molecule has 2 aromatic rings. The van der Waals surface area contributed by atoms with Crippen LogP contribution in [0.25, 0.3) is 0 Å². The summed E-state index contributed by atoms with van der Waals surface area (Å²) < 4.78 is 20.4. The summed E-state index contributed by atoms with van der Waals surface area (Å²) >= 11 is 6.29. The molecule has 0 spiro atoms. The Balaban J connectivity index is 2.20. The minimum atomic E-state index is -0.389. The molecule has 0 aliphatic heterocycles. The summed E-state index contributed by atoms with van der Waals surface area (Å²) in [7, 11) is 0. The predicted molar refractivity (Wildman–Crippen MR) is 77.4 cm³/mol. The standard InChI is InChI=1S/C14H17ClFN3O/c1-3-11-14(15)12(19(4-2)18-11)8-20-13-6-5-9(16)7-10(13)17/h5-7H,3-4,8,17H2,1-2H3. The summed E-state index contributed by atoms with van der Waals surface area (Å²) in [5.41, 5.74) is 7.62. The third-order valence-corrected chi connectivity index (χ3v) is 3.47. The van der Waals surface area contributed by atoms with Crippen molar-refractivity contribution in [2.45, 2.75) is 33.4 Å². The van der Waals surface area contributed by atoms with Gasteiger partial charge in [0.2, 0.25) is 0 Å². The molecule has 108 valence electrons. The van der Waals surface area contributed by atoms with Crippen LogP contribution in [0, 0.1) is 5.82 Å². The fourth-order valence-electron chi connectivity index (χ4n) is 1.95. The molecule has 1 aromatic carbocycles. The lowest BCUT2D eigenvalue weighted by Crippen LogP contribution is -2.07. The maximum absolute atomic E-state index is 13.0. The second-order valence-corrected chi connectivity index (χ2v) is 4.73. The van der Waals surface area contributed by atoms with Crippen molar-refractivity contribution in [2.75, 3.05) is 5.73 Å². The van der Waals surface area contributed by atoms with E-state index >= 15 is 0 Å². The van der Waals surface area contributed by atoms with Gasteiger partial charge in [0.1, 0.15) is 18.2 Å². The van der Waals surface area contributed by atoms with Gasteiger partial charge in [-0.05, 0) is 25.5 Å². The third-order valence-electron chi connectivity index (χ3n) is 3.03. The highest BCUT2D eigenvalue weighted by Gasteiger charge is 2.15. The van der Waals surface area contributed by atoms with Crippen molar-refractivity contribution in [3.8, 4) is 5.75 Å². The first-order valence-corrected chi connectivity index (χ1v) is 6.86. The molecular weight excluding hydrogens is 281 g/mol. The average Bonchev–Trinajstić information content (AvgIpc) is 2.74. The molecule has 0 fully saturated rings. The van der Waals surface area contributed by atoms with Crippen molar-refractivity contribution in [1.82, 2.24) is 9.78 Å². The first kappa shape index (κ1) is 14.7. The predicted octanol–water partition coefficient (Wildman–Crippen LogP) is 3.42. The van der Waals surface area contributed by atoms with E-state index in [0.29, 0.717) is 17.3 Å². The van der Waals surface area contributed by atoms with Crippen LogP contribution in [0.5, 0.6) is 5.75 Å². The molecule has 0 amide bonds. The molecular formula is C14H17ClFN3O. The van der Waals surface area contributed by atoms with E-state index in [9.17, 15) is 4.39 Å². The topological polar surface area (TPSA) is 53.1 Å². The van der Waals surface area contributed by atoms with Gasteiger partial charge in [-0.15, -0.1) is 0 Å². The number of hydrogen-bond acceptors (Lipinski definition) is 3. The van der Waals surface area contributed by atoms with Gasteiger partial charge in [-0.25, -0.2) is 4.39 Å². The zero-order valence-electron chi connectivity index (χ0n) is 11.5. The van der Waals surface area contributed by atoms with Crippen molar-refractivity contribution < 1.29 is 9.13 Å². The van der Waals surface area contributed by atoms with Crippen LogP contribution in [0.3, 0.4) is 0 Å². The normalized spacial score (nSPS) is 10.8. The van der Waals surface area contributed by atoms with Crippen molar-refractivity contribution in [2.24, 2.45) is 0 Å². The summed E-state index contributed by atoms with van der Waals surface area (Å²) in [6.45, 7) is 4.93. The van der Waals surface area contributed by atoms with Crippen LogP contribution >= 0.6 is 11.6 Å². The lowest BCUT2D eigenvalue weighted by molar-refractivity contribution is 0.294. The van der Waals surface area contributed by atoms with Gasteiger partial charge in [0.25, 0.3) is 0 Å². The van der Waals surface area contributed by atoms with E-state index < -0.39 is 0 Å². The summed E-state index contributed by atoms with van der Waals surface area (Å²) in [5, 5.41) is 5.03. The number of benzene rings is 1. The SMILES string of the molecule is CCc1nn(CC)c(COc2ccc(F)cc2N)c1Cl. The Bertz CT molecular complexity index is 613. The Morgan fingerprint density at radius 2 is 2.15 bits per heavy atom. The smallest absolute Gasteiger partial charge is 0.142 e. The molecule has 0 saturated carbocycles. The molecule has 0 bridgehead atoms. The number of anilines is 1. The second kappa shape index (κ2) is 6.13. The molecule has 0 atom stereocenters. The molecule has 1 aromatic heterocycles. The van der Waals surface area contributed by atoms with Gasteiger partial charge in [0, 0.05) is 12.6 Å². The maximum Gasteiger partial charge on any atom is 0.142 e. The minimum Gasteiger partial charge on any atom is -0.485 e. The van der Waals surface area contributed by atoms with Gasteiger partial charge in [0.15, 0.2) is 0 Å². The summed E-state index contributed by atoms with van der Waals surface area (Å²) in [6.07, 6.45) is 0.761. The van der Waals surface area contributed by atoms with E-state index in [1.807, 2.05) is 13.8 Å². The number of nitrogen functional groups attached to an aromatic ring is 1. The van der Waals surface area contributed by atoms with E-state index in [-0.39, 0.29) is 18.1 Å². The number of rotatable bonds is 5. The summed E-state index contributed by atoms with van der Waals surface area (Å²) in [4.78, 5) is 0. The van der Waals surface area contributed by atoms with E-state index in [0.717, 1.165) is 17.8 Å². The fraction of sp³-hybridized carbons (Fsp3) is 0.357. The van der Waals surface area contributed by atoms with E-state index in [4.69, 9.17) is 22.1 Å². The molecule has 0 saturated heterocycles. The van der Waals surface area contributed by atoms with Crippen LogP contribution in [-0.2, 0) is 19.6 Å². The quantitative estimate of drug-likeness (QED) is 0.860. The number of ether oxygens (including phenoxy) is 1. The Morgan fingerprint density at radius 1 is 1.40 bits per heavy atom. The van der Waals surface area contributed by atoms with E-state index in [1.54, 1.807) is 4.68 Å². The summed E-state index contributed by atoms with van der Waals surface area (Å²) in [6, 6.07) is 4.04. The molecule has 4 nitrogen and oxygen atoms in total. The van der Waals surface area contributed by atoms with Gasteiger partial charge < -0.3 is 10.5 Å². The Kier molecular flexibility index (Phi) is 4.49. The van der Waals surface area contributed by atoms with Gasteiger partial charge in [-0.3, -0.25) is 4.68 Å². The van der Waals surface area contributed by atoms with Gasteiger partial charge >= 0.3 is 0 Å². The average molecular weight is 298 g/mol. The van der Waals surface area contributed by atoms with Crippen molar-refractivity contribution >= 4 is 17.3 Å². The van der Waals surface area contributed by atoms with Crippen LogP contribution in [0.2, 0.25) is 5.02 Å². The largest absolute Gasteiger partial charge is 0.485 e. The lowest BCUT2D eigenvalue weighted by Gasteiger charge is -2.10. The van der Waals surface area contributed by atoms with E-state index in [1.165, 1.54) is 18.2 Å². The first-order valence-electron chi connectivity index (χ1n) is 6.48.